The molecule has 0 atom stereocenters. The lowest BCUT2D eigenvalue weighted by Crippen LogP contribution is -2.30. The predicted octanol–water partition coefficient (Wildman–Crippen LogP) is 3.38. The first-order chi connectivity index (χ1) is 15.7. The van der Waals surface area contributed by atoms with Crippen LogP contribution < -0.4 is 10.2 Å². The van der Waals surface area contributed by atoms with Crippen LogP contribution in [0.15, 0.2) is 6.07 Å². The van der Waals surface area contributed by atoms with E-state index in [2.05, 4.69) is 10.2 Å². The van der Waals surface area contributed by atoms with Gasteiger partial charge in [0.15, 0.2) is 5.65 Å². The van der Waals surface area contributed by atoms with Gasteiger partial charge in [0.25, 0.3) is 0 Å². The molecule has 0 amide bonds. The number of aryl methyl sites for hydroxylation is 3. The second-order valence-electron chi connectivity index (χ2n) is 9.13. The third kappa shape index (κ3) is 4.36. The van der Waals surface area contributed by atoms with Crippen molar-refractivity contribution in [3.05, 3.63) is 23.1 Å². The molecule has 0 radical (unpaired) electrons. The minimum atomic E-state index is 0. The number of hydrogen-bond donors (Lipinski definition) is 1. The summed E-state index contributed by atoms with van der Waals surface area (Å²) in [6, 6.07) is 2.36. The Hall–Kier alpha value is -2.52. The Morgan fingerprint density at radius 1 is 0.939 bits per heavy atom. The van der Waals surface area contributed by atoms with E-state index in [1.807, 2.05) is 17.5 Å². The quantitative estimate of drug-likeness (QED) is 0.620. The number of fused-ring (bicyclic) bond motifs is 2. The molecule has 2 aliphatic heterocycles. The van der Waals surface area contributed by atoms with E-state index in [1.165, 1.54) is 25.7 Å². The summed E-state index contributed by atoms with van der Waals surface area (Å²) in [6.45, 7) is 5.59. The summed E-state index contributed by atoms with van der Waals surface area (Å²) in [6.07, 6.45) is 8.71. The molecule has 0 unspecified atom stereocenters. The van der Waals surface area contributed by atoms with E-state index in [0.717, 1.165) is 98.0 Å². The molecule has 2 fully saturated rings. The first kappa shape index (κ1) is 22.3. The van der Waals surface area contributed by atoms with Crippen molar-refractivity contribution >= 4 is 30.0 Å². The zero-order chi connectivity index (χ0) is 21.5. The van der Waals surface area contributed by atoms with Crippen LogP contribution in [0.4, 0.5) is 11.9 Å². The first-order valence-electron chi connectivity index (χ1n) is 12.0. The number of halogens is 1. The number of ether oxygens (including phenoxy) is 1. The fourth-order valence-electron chi connectivity index (χ4n) is 5.00. The highest BCUT2D eigenvalue weighted by atomic mass is 35.5. The van der Waals surface area contributed by atoms with Gasteiger partial charge in [-0.25, -0.2) is 4.98 Å². The summed E-state index contributed by atoms with van der Waals surface area (Å²) in [7, 11) is 0. The zero-order valence-electron chi connectivity index (χ0n) is 19.1. The number of hydrogen-bond acceptors (Lipinski definition) is 8. The summed E-state index contributed by atoms with van der Waals surface area (Å²) in [5, 5.41) is 8.53. The molecule has 0 bridgehead atoms. The van der Waals surface area contributed by atoms with Crippen molar-refractivity contribution in [3.63, 3.8) is 0 Å². The average Bonchev–Trinajstić information content (AvgIpc) is 3.49. The van der Waals surface area contributed by atoms with E-state index in [1.54, 1.807) is 0 Å². The van der Waals surface area contributed by atoms with E-state index in [9.17, 15) is 0 Å². The van der Waals surface area contributed by atoms with Crippen LogP contribution in [-0.2, 0) is 17.6 Å². The maximum absolute atomic E-state index is 5.53. The van der Waals surface area contributed by atoms with Crippen molar-refractivity contribution in [2.45, 2.75) is 64.3 Å². The molecule has 10 heteroatoms. The molecule has 1 aliphatic carbocycles. The van der Waals surface area contributed by atoms with Crippen LogP contribution in [0.2, 0.25) is 0 Å². The van der Waals surface area contributed by atoms with Gasteiger partial charge in [-0.05, 0) is 58.3 Å². The molecule has 5 heterocycles. The van der Waals surface area contributed by atoms with Gasteiger partial charge < -0.3 is 15.0 Å². The highest BCUT2D eigenvalue weighted by molar-refractivity contribution is 5.85. The second kappa shape index (κ2) is 9.38. The molecular weight excluding hydrogens is 440 g/mol. The molecule has 9 nitrogen and oxygen atoms in total. The lowest BCUT2D eigenvalue weighted by Gasteiger charge is -2.24. The maximum Gasteiger partial charge on any atom is 0.230 e. The standard InChI is InChI=1S/C23H30N8O.ClH/c1-15-21(26-18-7-3-2-6-17(18)24-15)19-14-20-27-22(30-10-4-5-11-30)28-23(31(20)29-19)25-16-8-12-32-13-9-16;/h14,16H,2-13H2,1H3,(H,25,27,28);1H. The van der Waals surface area contributed by atoms with Crippen LogP contribution in [-0.4, -0.2) is 61.9 Å². The number of nitrogens with one attached hydrogen (secondary N) is 1. The average molecular weight is 471 g/mol. The Morgan fingerprint density at radius 3 is 2.42 bits per heavy atom. The minimum absolute atomic E-state index is 0. The van der Waals surface area contributed by atoms with Crippen LogP contribution in [0.5, 0.6) is 0 Å². The van der Waals surface area contributed by atoms with Gasteiger partial charge in [-0.3, -0.25) is 4.98 Å². The molecule has 1 N–H and O–H groups in total. The van der Waals surface area contributed by atoms with E-state index < -0.39 is 0 Å². The van der Waals surface area contributed by atoms with Gasteiger partial charge in [-0.2, -0.15) is 19.6 Å². The van der Waals surface area contributed by atoms with Gasteiger partial charge in [-0.1, -0.05) is 0 Å². The Kier molecular flexibility index (Phi) is 6.34. The molecule has 0 saturated carbocycles. The molecule has 33 heavy (non-hydrogen) atoms. The molecule has 0 spiro atoms. The number of nitrogens with zero attached hydrogens (tertiary/aromatic N) is 7. The molecule has 6 rings (SSSR count). The predicted molar refractivity (Wildman–Crippen MR) is 129 cm³/mol. The summed E-state index contributed by atoms with van der Waals surface area (Å²) in [4.78, 5) is 21.9. The van der Waals surface area contributed by atoms with Crippen molar-refractivity contribution < 1.29 is 4.74 Å². The van der Waals surface area contributed by atoms with Crippen LogP contribution in [0, 0.1) is 6.92 Å². The SMILES string of the molecule is Cc1nc2c(nc1-c1cc3nc(N4CCCC4)nc(NC4CCOCC4)n3n1)CCCC2.Cl. The monoisotopic (exact) mass is 470 g/mol. The van der Waals surface area contributed by atoms with E-state index >= 15 is 0 Å². The third-order valence-corrected chi connectivity index (χ3v) is 6.80. The molecule has 2 saturated heterocycles. The molecule has 0 aromatic carbocycles. The summed E-state index contributed by atoms with van der Waals surface area (Å²) in [5.74, 6) is 1.53. The van der Waals surface area contributed by atoms with Gasteiger partial charge >= 0.3 is 0 Å². The van der Waals surface area contributed by atoms with Crippen molar-refractivity contribution in [2.75, 3.05) is 36.5 Å². The Morgan fingerprint density at radius 2 is 1.67 bits per heavy atom. The minimum Gasteiger partial charge on any atom is -0.381 e. The van der Waals surface area contributed by atoms with Gasteiger partial charge in [0, 0.05) is 38.4 Å². The second-order valence-corrected chi connectivity index (χ2v) is 9.13. The van der Waals surface area contributed by atoms with Crippen LogP contribution in [0.1, 0.15) is 55.6 Å². The Bertz CT molecular complexity index is 1140. The number of aromatic nitrogens is 6. The Balaban J connectivity index is 0.00000228. The van der Waals surface area contributed by atoms with E-state index in [4.69, 9.17) is 29.8 Å². The van der Waals surface area contributed by atoms with Crippen molar-refractivity contribution in [3.8, 4) is 11.4 Å². The largest absolute Gasteiger partial charge is 0.381 e. The molecule has 3 aromatic rings. The highest BCUT2D eigenvalue weighted by Gasteiger charge is 2.23. The van der Waals surface area contributed by atoms with Gasteiger partial charge in [0.2, 0.25) is 11.9 Å². The van der Waals surface area contributed by atoms with E-state index in [0.29, 0.717) is 6.04 Å². The summed E-state index contributed by atoms with van der Waals surface area (Å²) >= 11 is 0. The van der Waals surface area contributed by atoms with Crippen LogP contribution in [0.3, 0.4) is 0 Å². The lowest BCUT2D eigenvalue weighted by atomic mass is 10.00. The highest BCUT2D eigenvalue weighted by Crippen LogP contribution is 2.27. The lowest BCUT2D eigenvalue weighted by molar-refractivity contribution is 0.0902. The zero-order valence-corrected chi connectivity index (χ0v) is 19.9. The fraction of sp³-hybridized carbons (Fsp3) is 0.609. The fourth-order valence-corrected chi connectivity index (χ4v) is 5.00. The maximum atomic E-state index is 5.53. The molecule has 176 valence electrons. The van der Waals surface area contributed by atoms with Crippen LogP contribution in [0.25, 0.3) is 17.0 Å². The van der Waals surface area contributed by atoms with Crippen LogP contribution >= 0.6 is 12.4 Å². The number of rotatable bonds is 4. The number of anilines is 2. The van der Waals surface area contributed by atoms with Crippen molar-refractivity contribution in [2.24, 2.45) is 0 Å². The van der Waals surface area contributed by atoms with E-state index in [-0.39, 0.29) is 12.4 Å². The summed E-state index contributed by atoms with van der Waals surface area (Å²) < 4.78 is 7.37. The first-order valence-corrected chi connectivity index (χ1v) is 12.0. The van der Waals surface area contributed by atoms with Gasteiger partial charge in [0.1, 0.15) is 11.4 Å². The van der Waals surface area contributed by atoms with Crippen molar-refractivity contribution in [1.82, 2.24) is 29.5 Å². The van der Waals surface area contributed by atoms with Gasteiger partial charge in [0.05, 0.1) is 17.1 Å². The molecular formula is C23H31ClN8O. The molecule has 3 aromatic heterocycles. The Labute approximate surface area is 199 Å². The smallest absolute Gasteiger partial charge is 0.230 e. The third-order valence-electron chi connectivity index (χ3n) is 6.80. The molecule has 3 aliphatic rings. The summed E-state index contributed by atoms with van der Waals surface area (Å²) in [5.41, 5.74) is 5.67. The topological polar surface area (TPSA) is 93.4 Å². The van der Waals surface area contributed by atoms with Gasteiger partial charge in [-0.15, -0.1) is 12.4 Å². The normalized spacial score (nSPS) is 18.9. The van der Waals surface area contributed by atoms with Crippen molar-refractivity contribution in [1.29, 1.82) is 0 Å².